The zero-order valence-electron chi connectivity index (χ0n) is 8.24. The molecule has 1 aromatic carbocycles. The maximum absolute atomic E-state index is 6.33. The van der Waals surface area contributed by atoms with Crippen LogP contribution < -0.4 is 11.5 Å². The minimum atomic E-state index is -0.404. The summed E-state index contributed by atoms with van der Waals surface area (Å²) in [5.74, 6) is 0. The van der Waals surface area contributed by atoms with E-state index in [0.29, 0.717) is 0 Å². The topological polar surface area (TPSA) is 52.0 Å². The van der Waals surface area contributed by atoms with Crippen molar-refractivity contribution < 1.29 is 0 Å². The van der Waals surface area contributed by atoms with E-state index in [1.807, 2.05) is 18.2 Å². The molecule has 14 heavy (non-hydrogen) atoms. The molecule has 0 aromatic heterocycles. The van der Waals surface area contributed by atoms with Crippen molar-refractivity contribution in [2.75, 3.05) is 0 Å². The Kier molecular flexibility index (Phi) is 2.17. The molecule has 1 aliphatic rings. The van der Waals surface area contributed by atoms with Gasteiger partial charge in [-0.3, -0.25) is 0 Å². The van der Waals surface area contributed by atoms with Gasteiger partial charge in [0, 0.05) is 6.04 Å². The Hall–Kier alpha value is -1.12. The Morgan fingerprint density at radius 3 is 2.93 bits per heavy atom. The molecule has 2 heteroatoms. The molecule has 2 rings (SSSR count). The van der Waals surface area contributed by atoms with Gasteiger partial charge in [0.05, 0.1) is 5.54 Å². The molecule has 0 aliphatic heterocycles. The smallest absolute Gasteiger partial charge is 0.0603 e. The zero-order chi connectivity index (χ0) is 10.2. The van der Waals surface area contributed by atoms with Crippen LogP contribution >= 0.6 is 0 Å². The average molecular weight is 188 g/mol. The molecule has 2 unspecified atom stereocenters. The van der Waals surface area contributed by atoms with Crippen LogP contribution in [0.3, 0.4) is 0 Å². The van der Waals surface area contributed by atoms with Crippen LogP contribution in [-0.4, -0.2) is 6.04 Å². The molecule has 1 aromatic rings. The van der Waals surface area contributed by atoms with E-state index in [2.05, 4.69) is 18.7 Å². The lowest BCUT2D eigenvalue weighted by atomic mass is 9.87. The van der Waals surface area contributed by atoms with Crippen LogP contribution in [0.1, 0.15) is 17.5 Å². The van der Waals surface area contributed by atoms with Crippen LogP contribution in [-0.2, 0) is 12.0 Å². The van der Waals surface area contributed by atoms with Crippen LogP contribution in [0.15, 0.2) is 36.9 Å². The highest BCUT2D eigenvalue weighted by Gasteiger charge is 2.40. The van der Waals surface area contributed by atoms with Crippen LogP contribution in [0.2, 0.25) is 0 Å². The van der Waals surface area contributed by atoms with Gasteiger partial charge in [-0.05, 0) is 24.0 Å². The van der Waals surface area contributed by atoms with E-state index in [1.54, 1.807) is 0 Å². The van der Waals surface area contributed by atoms with E-state index in [9.17, 15) is 0 Å². The summed E-state index contributed by atoms with van der Waals surface area (Å²) in [4.78, 5) is 0. The highest BCUT2D eigenvalue weighted by atomic mass is 14.9. The SMILES string of the molecule is C=CCC1(N)c2ccccc2CC1N. The Labute approximate surface area is 84.6 Å². The number of hydrogen-bond acceptors (Lipinski definition) is 2. The molecule has 74 valence electrons. The second kappa shape index (κ2) is 3.23. The number of rotatable bonds is 2. The lowest BCUT2D eigenvalue weighted by molar-refractivity contribution is 0.386. The predicted octanol–water partition coefficient (Wildman–Crippen LogP) is 1.30. The van der Waals surface area contributed by atoms with Crippen molar-refractivity contribution in [3.63, 3.8) is 0 Å². The van der Waals surface area contributed by atoms with E-state index < -0.39 is 5.54 Å². The third kappa shape index (κ3) is 1.19. The van der Waals surface area contributed by atoms with Crippen molar-refractivity contribution in [3.8, 4) is 0 Å². The van der Waals surface area contributed by atoms with Crippen molar-refractivity contribution >= 4 is 0 Å². The summed E-state index contributed by atoms with van der Waals surface area (Å²) in [6, 6.07) is 8.24. The summed E-state index contributed by atoms with van der Waals surface area (Å²) in [5, 5.41) is 0. The normalized spacial score (nSPS) is 30.0. The molecule has 0 amide bonds. The maximum Gasteiger partial charge on any atom is 0.0603 e. The fourth-order valence-corrected chi connectivity index (χ4v) is 2.27. The minimum absolute atomic E-state index is 0.0119. The van der Waals surface area contributed by atoms with Gasteiger partial charge >= 0.3 is 0 Å². The molecule has 0 spiro atoms. The van der Waals surface area contributed by atoms with Gasteiger partial charge < -0.3 is 11.5 Å². The fraction of sp³-hybridized carbons (Fsp3) is 0.333. The van der Waals surface area contributed by atoms with Crippen molar-refractivity contribution in [1.29, 1.82) is 0 Å². The second-order valence-corrected chi connectivity index (χ2v) is 4.00. The summed E-state index contributed by atoms with van der Waals surface area (Å²) in [6.07, 6.45) is 3.47. The number of benzene rings is 1. The van der Waals surface area contributed by atoms with Crippen LogP contribution in [0.25, 0.3) is 0 Å². The number of nitrogens with two attached hydrogens (primary N) is 2. The molecular formula is C12H16N2. The molecule has 0 heterocycles. The van der Waals surface area contributed by atoms with Crippen molar-refractivity contribution in [2.45, 2.75) is 24.4 Å². The first-order valence-electron chi connectivity index (χ1n) is 4.92. The monoisotopic (exact) mass is 188 g/mol. The molecule has 0 bridgehead atoms. The summed E-state index contributed by atoms with van der Waals surface area (Å²) in [7, 11) is 0. The van der Waals surface area contributed by atoms with Gasteiger partial charge in [0.15, 0.2) is 0 Å². The first-order chi connectivity index (χ1) is 6.68. The average Bonchev–Trinajstić information content (AvgIpc) is 2.41. The lowest BCUT2D eigenvalue weighted by Gasteiger charge is -2.28. The Morgan fingerprint density at radius 2 is 2.21 bits per heavy atom. The summed E-state index contributed by atoms with van der Waals surface area (Å²) >= 11 is 0. The fourth-order valence-electron chi connectivity index (χ4n) is 2.27. The van der Waals surface area contributed by atoms with E-state index in [-0.39, 0.29) is 6.04 Å². The molecular weight excluding hydrogens is 172 g/mol. The van der Waals surface area contributed by atoms with Gasteiger partial charge in [-0.1, -0.05) is 30.3 Å². The summed E-state index contributed by atoms with van der Waals surface area (Å²) in [5.41, 5.74) is 14.5. The Bertz CT molecular complexity index is 359. The molecule has 2 atom stereocenters. The van der Waals surface area contributed by atoms with Gasteiger partial charge in [0.25, 0.3) is 0 Å². The first kappa shape index (κ1) is 9.44. The predicted molar refractivity (Wildman–Crippen MR) is 58.8 cm³/mol. The lowest BCUT2D eigenvalue weighted by Crippen LogP contribution is -2.49. The van der Waals surface area contributed by atoms with Gasteiger partial charge in [0.1, 0.15) is 0 Å². The molecule has 0 fully saturated rings. The van der Waals surface area contributed by atoms with E-state index >= 15 is 0 Å². The largest absolute Gasteiger partial charge is 0.326 e. The minimum Gasteiger partial charge on any atom is -0.326 e. The van der Waals surface area contributed by atoms with Crippen molar-refractivity contribution in [1.82, 2.24) is 0 Å². The van der Waals surface area contributed by atoms with Gasteiger partial charge in [-0.25, -0.2) is 0 Å². The zero-order valence-corrected chi connectivity index (χ0v) is 8.24. The second-order valence-electron chi connectivity index (χ2n) is 4.00. The van der Waals surface area contributed by atoms with Crippen LogP contribution in [0.5, 0.6) is 0 Å². The molecule has 0 saturated heterocycles. The Morgan fingerprint density at radius 1 is 1.50 bits per heavy atom. The van der Waals surface area contributed by atoms with Gasteiger partial charge in [-0.15, -0.1) is 6.58 Å². The van der Waals surface area contributed by atoms with Crippen molar-refractivity contribution in [3.05, 3.63) is 48.0 Å². The van der Waals surface area contributed by atoms with E-state index in [1.165, 1.54) is 11.1 Å². The highest BCUT2D eigenvalue weighted by molar-refractivity contribution is 5.41. The summed E-state index contributed by atoms with van der Waals surface area (Å²) < 4.78 is 0. The third-order valence-corrected chi connectivity index (χ3v) is 3.10. The van der Waals surface area contributed by atoms with E-state index in [4.69, 9.17) is 11.5 Å². The summed E-state index contributed by atoms with van der Waals surface area (Å²) in [6.45, 7) is 3.74. The standard InChI is InChI=1S/C12H16N2/c1-2-7-12(14)10-6-4-3-5-9(10)8-11(12)13/h2-6,11H,1,7-8,13-14H2. The van der Waals surface area contributed by atoms with Gasteiger partial charge in [0.2, 0.25) is 0 Å². The number of fused-ring (bicyclic) bond motifs is 1. The highest BCUT2D eigenvalue weighted by Crippen LogP contribution is 2.36. The molecule has 0 saturated carbocycles. The molecule has 4 N–H and O–H groups in total. The van der Waals surface area contributed by atoms with Gasteiger partial charge in [-0.2, -0.15) is 0 Å². The van der Waals surface area contributed by atoms with Crippen molar-refractivity contribution in [2.24, 2.45) is 11.5 Å². The third-order valence-electron chi connectivity index (χ3n) is 3.10. The van der Waals surface area contributed by atoms with E-state index in [0.717, 1.165) is 12.8 Å². The number of hydrogen-bond donors (Lipinski definition) is 2. The van der Waals surface area contributed by atoms with Crippen LogP contribution in [0.4, 0.5) is 0 Å². The molecule has 2 nitrogen and oxygen atoms in total. The van der Waals surface area contributed by atoms with Crippen LogP contribution in [0, 0.1) is 0 Å². The maximum atomic E-state index is 6.33. The Balaban J connectivity index is 2.48. The quantitative estimate of drug-likeness (QED) is 0.687. The first-order valence-corrected chi connectivity index (χ1v) is 4.92. The molecule has 1 aliphatic carbocycles. The molecule has 0 radical (unpaired) electrons.